The van der Waals surface area contributed by atoms with Gasteiger partial charge in [0.25, 0.3) is 0 Å². The third-order valence-corrected chi connectivity index (χ3v) is 6.10. The molecule has 1 aliphatic rings. The van der Waals surface area contributed by atoms with Gasteiger partial charge in [0.05, 0.1) is 5.92 Å². The molecule has 3 aromatic carbocycles. The molecular weight excluding hydrogens is 440 g/mol. The maximum atomic E-state index is 12.4. The van der Waals surface area contributed by atoms with Gasteiger partial charge in [0.15, 0.2) is 6.61 Å². The molecule has 35 heavy (non-hydrogen) atoms. The molecule has 1 aliphatic heterocycles. The van der Waals surface area contributed by atoms with Gasteiger partial charge in [-0.1, -0.05) is 62.4 Å². The average Bonchev–Trinajstić information content (AvgIpc) is 2.83. The Balaban J connectivity index is 1.55. The van der Waals surface area contributed by atoms with Gasteiger partial charge in [-0.2, -0.15) is 5.26 Å². The summed E-state index contributed by atoms with van der Waals surface area (Å²) < 4.78 is 16.9. The van der Waals surface area contributed by atoms with Crippen molar-refractivity contribution in [3.8, 4) is 23.3 Å². The maximum absolute atomic E-state index is 12.4. The van der Waals surface area contributed by atoms with Crippen LogP contribution in [0.25, 0.3) is 0 Å². The van der Waals surface area contributed by atoms with Crippen molar-refractivity contribution in [3.05, 3.63) is 99.9 Å². The lowest BCUT2D eigenvalue weighted by molar-refractivity contribution is -0.136. The molecule has 4 rings (SSSR count). The fourth-order valence-corrected chi connectivity index (χ4v) is 4.23. The Morgan fingerprint density at radius 3 is 2.40 bits per heavy atom. The number of para-hydroxylation sites is 1. The summed E-state index contributed by atoms with van der Waals surface area (Å²) in [6, 6.07) is 21.2. The van der Waals surface area contributed by atoms with Crippen LogP contribution in [0.1, 0.15) is 53.5 Å². The normalized spacial score (nSPS) is 14.7. The molecule has 2 N–H and O–H groups in total. The van der Waals surface area contributed by atoms with E-state index in [9.17, 15) is 10.1 Å². The van der Waals surface area contributed by atoms with Crippen molar-refractivity contribution in [2.75, 3.05) is 6.61 Å². The van der Waals surface area contributed by atoms with Gasteiger partial charge < -0.3 is 19.9 Å². The van der Waals surface area contributed by atoms with Crippen LogP contribution in [-0.2, 0) is 4.79 Å². The number of fused-ring (bicyclic) bond motifs is 1. The third-order valence-electron chi connectivity index (χ3n) is 6.10. The van der Waals surface area contributed by atoms with Gasteiger partial charge in [-0.3, -0.25) is 0 Å². The summed E-state index contributed by atoms with van der Waals surface area (Å²) in [6.07, 6.45) is 0. The molecule has 0 amide bonds. The Morgan fingerprint density at radius 2 is 1.77 bits per heavy atom. The fourth-order valence-electron chi connectivity index (χ4n) is 4.23. The summed E-state index contributed by atoms with van der Waals surface area (Å²) in [5, 5.41) is 9.78. The average molecular weight is 469 g/mol. The van der Waals surface area contributed by atoms with Gasteiger partial charge in [0.2, 0.25) is 5.88 Å². The second-order valence-electron chi connectivity index (χ2n) is 8.93. The number of hydrogen-bond donors (Lipinski definition) is 1. The number of nitriles is 1. The Kier molecular flexibility index (Phi) is 6.79. The van der Waals surface area contributed by atoms with E-state index in [1.165, 1.54) is 5.56 Å². The lowest BCUT2D eigenvalue weighted by Crippen LogP contribution is -2.22. The molecule has 6 nitrogen and oxygen atoms in total. The van der Waals surface area contributed by atoms with Gasteiger partial charge in [-0.05, 0) is 48.1 Å². The highest BCUT2D eigenvalue weighted by Crippen LogP contribution is 2.43. The summed E-state index contributed by atoms with van der Waals surface area (Å²) in [5.41, 5.74) is 11.3. The second-order valence-corrected chi connectivity index (χ2v) is 8.93. The van der Waals surface area contributed by atoms with Crippen molar-refractivity contribution in [3.63, 3.8) is 0 Å². The first-order valence-electron chi connectivity index (χ1n) is 11.5. The van der Waals surface area contributed by atoms with Gasteiger partial charge in [-0.15, -0.1) is 0 Å². The molecule has 0 aliphatic carbocycles. The topological polar surface area (TPSA) is 94.6 Å². The Bertz CT molecular complexity index is 1310. The Morgan fingerprint density at radius 1 is 1.09 bits per heavy atom. The molecule has 0 saturated carbocycles. The zero-order chi connectivity index (χ0) is 25.1. The van der Waals surface area contributed by atoms with E-state index >= 15 is 0 Å². The predicted molar refractivity (Wildman–Crippen MR) is 133 cm³/mol. The molecular formula is C29H28N2O4. The van der Waals surface area contributed by atoms with Crippen LogP contribution in [0.4, 0.5) is 0 Å². The van der Waals surface area contributed by atoms with Gasteiger partial charge in [0.1, 0.15) is 28.9 Å². The van der Waals surface area contributed by atoms with Crippen molar-refractivity contribution in [2.45, 2.75) is 39.5 Å². The number of esters is 1. The number of rotatable bonds is 6. The van der Waals surface area contributed by atoms with Crippen LogP contribution in [0.15, 0.2) is 72.1 Å². The Hall–Kier alpha value is -4.24. The van der Waals surface area contributed by atoms with E-state index in [0.717, 1.165) is 22.3 Å². The van der Waals surface area contributed by atoms with E-state index in [0.29, 0.717) is 28.7 Å². The number of carbonyl (C=O) groups is 1. The standard InChI is InChI=1S/C29H28N2O4/c1-17(2)20-8-10-21(11-9-20)27-23-13-12-22(14-25(23)35-29(31)24(27)15-30)34-26(32)16-33-28-18(3)6-5-7-19(28)4/h5-14,17,27H,16,31H2,1-4H3. The number of nitrogens with two attached hydrogens (primary N) is 1. The molecule has 0 spiro atoms. The molecule has 0 aromatic heterocycles. The third kappa shape index (κ3) is 4.99. The van der Waals surface area contributed by atoms with Crippen molar-refractivity contribution >= 4 is 5.97 Å². The first-order chi connectivity index (χ1) is 16.8. The van der Waals surface area contributed by atoms with E-state index in [1.807, 2.05) is 44.2 Å². The largest absolute Gasteiger partial charge is 0.481 e. The maximum Gasteiger partial charge on any atom is 0.349 e. The monoisotopic (exact) mass is 468 g/mol. The lowest BCUT2D eigenvalue weighted by Gasteiger charge is -2.27. The van der Waals surface area contributed by atoms with Crippen LogP contribution in [0.2, 0.25) is 0 Å². The Labute approximate surface area is 205 Å². The molecule has 0 fully saturated rings. The number of benzene rings is 3. The van der Waals surface area contributed by atoms with E-state index in [1.54, 1.807) is 18.2 Å². The molecule has 1 unspecified atom stereocenters. The molecule has 1 atom stereocenters. The highest BCUT2D eigenvalue weighted by molar-refractivity contribution is 5.74. The highest BCUT2D eigenvalue weighted by atomic mass is 16.6. The minimum atomic E-state index is -0.537. The minimum absolute atomic E-state index is 0.0415. The van der Waals surface area contributed by atoms with Crippen molar-refractivity contribution in [1.29, 1.82) is 5.26 Å². The van der Waals surface area contributed by atoms with Crippen LogP contribution >= 0.6 is 0 Å². The van der Waals surface area contributed by atoms with Crippen LogP contribution < -0.4 is 19.9 Å². The van der Waals surface area contributed by atoms with E-state index in [2.05, 4.69) is 32.0 Å². The predicted octanol–water partition coefficient (Wildman–Crippen LogP) is 5.63. The second kappa shape index (κ2) is 9.94. The zero-order valence-electron chi connectivity index (χ0n) is 20.3. The summed E-state index contributed by atoms with van der Waals surface area (Å²) in [6.45, 7) is 7.89. The van der Waals surface area contributed by atoms with E-state index < -0.39 is 5.97 Å². The summed E-state index contributed by atoms with van der Waals surface area (Å²) in [5.74, 6) is 0.957. The molecule has 0 radical (unpaired) electrons. The first kappa shape index (κ1) is 23.9. The van der Waals surface area contributed by atoms with E-state index in [4.69, 9.17) is 19.9 Å². The van der Waals surface area contributed by atoms with Crippen molar-refractivity contribution < 1.29 is 19.0 Å². The van der Waals surface area contributed by atoms with Gasteiger partial charge in [0, 0.05) is 11.6 Å². The zero-order valence-corrected chi connectivity index (χ0v) is 20.3. The minimum Gasteiger partial charge on any atom is -0.481 e. The smallest absolute Gasteiger partial charge is 0.349 e. The summed E-state index contributed by atoms with van der Waals surface area (Å²) in [7, 11) is 0. The number of nitrogens with zero attached hydrogens (tertiary/aromatic N) is 1. The van der Waals surface area contributed by atoms with Crippen LogP contribution in [0.3, 0.4) is 0 Å². The number of carbonyl (C=O) groups excluding carboxylic acids is 1. The first-order valence-corrected chi connectivity index (χ1v) is 11.5. The van der Waals surface area contributed by atoms with Crippen molar-refractivity contribution in [1.82, 2.24) is 0 Å². The van der Waals surface area contributed by atoms with Crippen LogP contribution in [-0.4, -0.2) is 12.6 Å². The summed E-state index contributed by atoms with van der Waals surface area (Å²) in [4.78, 5) is 12.4. The highest BCUT2D eigenvalue weighted by Gasteiger charge is 2.31. The van der Waals surface area contributed by atoms with E-state index in [-0.39, 0.29) is 18.4 Å². The summed E-state index contributed by atoms with van der Waals surface area (Å²) >= 11 is 0. The van der Waals surface area contributed by atoms with Crippen LogP contribution in [0, 0.1) is 25.2 Å². The molecule has 178 valence electrons. The number of aryl methyl sites for hydroxylation is 2. The number of hydrogen-bond acceptors (Lipinski definition) is 6. The number of ether oxygens (including phenoxy) is 3. The SMILES string of the molecule is Cc1cccc(C)c1OCC(=O)Oc1ccc2c(c1)OC(N)=C(C#N)C2c1ccc(C(C)C)cc1. The molecule has 6 heteroatoms. The van der Waals surface area contributed by atoms with Crippen molar-refractivity contribution in [2.24, 2.45) is 5.73 Å². The number of allylic oxidation sites excluding steroid dienone is 1. The molecule has 3 aromatic rings. The lowest BCUT2D eigenvalue weighted by atomic mass is 9.83. The van der Waals surface area contributed by atoms with Crippen LogP contribution in [0.5, 0.6) is 17.2 Å². The quantitative estimate of drug-likeness (QED) is 0.372. The van der Waals surface area contributed by atoms with Gasteiger partial charge in [-0.25, -0.2) is 4.79 Å². The van der Waals surface area contributed by atoms with Gasteiger partial charge >= 0.3 is 5.97 Å². The fraction of sp³-hybridized carbons (Fsp3) is 0.241. The molecule has 1 heterocycles. The molecule has 0 bridgehead atoms. The molecule has 0 saturated heterocycles.